The van der Waals surface area contributed by atoms with Gasteiger partial charge in [0, 0.05) is 0 Å². The first-order valence-electron chi connectivity index (χ1n) is 3.04. The number of rotatable bonds is 1. The standard InChI is InChI=1S/C7H8O3S.Ga.3H/c1-6-3-2-4-7(5-6)11(8,9)10;;;;/h2-5H,1H3,(H,8,9,10);;;;. The first kappa shape index (κ1) is 11.8. The van der Waals surface area contributed by atoms with Crippen molar-refractivity contribution in [2.75, 3.05) is 0 Å². The topological polar surface area (TPSA) is 54.4 Å². The van der Waals surface area contributed by atoms with Crippen LogP contribution < -0.4 is 0 Å². The Morgan fingerprint density at radius 2 is 1.92 bits per heavy atom. The van der Waals surface area contributed by atoms with Crippen LogP contribution in [0.4, 0.5) is 0 Å². The summed E-state index contributed by atoms with van der Waals surface area (Å²) in [4.78, 5) is -0.0579. The molecule has 1 aromatic rings. The molecule has 0 saturated heterocycles. The van der Waals surface area contributed by atoms with Crippen molar-refractivity contribution >= 4 is 29.9 Å². The van der Waals surface area contributed by atoms with Gasteiger partial charge in [0.05, 0.1) is 4.90 Å². The van der Waals surface area contributed by atoms with E-state index in [0.29, 0.717) is 0 Å². The Hall–Kier alpha value is -0.234. The van der Waals surface area contributed by atoms with E-state index < -0.39 is 10.1 Å². The number of aryl methyl sites for hydroxylation is 1. The van der Waals surface area contributed by atoms with Crippen LogP contribution in [0.5, 0.6) is 0 Å². The van der Waals surface area contributed by atoms with Crippen LogP contribution in [-0.4, -0.2) is 32.8 Å². The van der Waals surface area contributed by atoms with Gasteiger partial charge < -0.3 is 0 Å². The zero-order valence-electron chi connectivity index (χ0n) is 5.98. The molecule has 0 unspecified atom stereocenters. The minimum absolute atomic E-state index is 0. The number of hydrogen-bond acceptors (Lipinski definition) is 2. The van der Waals surface area contributed by atoms with E-state index in [-0.39, 0.29) is 24.7 Å². The molecule has 3 nitrogen and oxygen atoms in total. The van der Waals surface area contributed by atoms with Crippen molar-refractivity contribution in [2.45, 2.75) is 11.8 Å². The van der Waals surface area contributed by atoms with Crippen LogP contribution >= 0.6 is 0 Å². The molecule has 5 heteroatoms. The van der Waals surface area contributed by atoms with E-state index in [1.807, 2.05) is 0 Å². The molecule has 0 aliphatic carbocycles. The second kappa shape index (κ2) is 4.13. The molecule has 0 atom stereocenters. The Morgan fingerprint density at radius 1 is 1.33 bits per heavy atom. The van der Waals surface area contributed by atoms with Gasteiger partial charge in [-0.25, -0.2) is 0 Å². The second-order valence-corrected chi connectivity index (χ2v) is 3.71. The molecule has 0 saturated carbocycles. The molecule has 0 heterocycles. The normalized spacial score (nSPS) is 10.5. The molecular formula is C7H11GaO3S. The van der Waals surface area contributed by atoms with Gasteiger partial charge in [-0.15, -0.1) is 0 Å². The third-order valence-corrected chi connectivity index (χ3v) is 2.14. The molecule has 0 spiro atoms. The van der Waals surface area contributed by atoms with Gasteiger partial charge in [-0.3, -0.25) is 4.55 Å². The van der Waals surface area contributed by atoms with Crippen LogP contribution in [0.25, 0.3) is 0 Å². The molecule has 0 fully saturated rings. The zero-order valence-corrected chi connectivity index (χ0v) is 6.80. The second-order valence-electron chi connectivity index (χ2n) is 2.29. The summed E-state index contributed by atoms with van der Waals surface area (Å²) in [6.07, 6.45) is 0. The Bertz CT molecular complexity index is 359. The molecule has 0 aliphatic rings. The summed E-state index contributed by atoms with van der Waals surface area (Å²) in [6.45, 7) is 1.76. The fourth-order valence-corrected chi connectivity index (χ4v) is 1.36. The summed E-state index contributed by atoms with van der Waals surface area (Å²) in [5.74, 6) is 0. The van der Waals surface area contributed by atoms with Gasteiger partial charge in [-0.1, -0.05) is 12.1 Å². The molecular weight excluding hydrogens is 234 g/mol. The number of hydrogen-bond donors (Lipinski definition) is 1. The Balaban J connectivity index is 0.00000121. The quantitative estimate of drug-likeness (QED) is 0.562. The van der Waals surface area contributed by atoms with E-state index in [1.54, 1.807) is 19.1 Å². The summed E-state index contributed by atoms with van der Waals surface area (Å²) in [5.41, 5.74) is 0.806. The average molecular weight is 245 g/mol. The van der Waals surface area contributed by atoms with Crippen LogP contribution in [0.15, 0.2) is 29.2 Å². The Labute approximate surface area is 84.6 Å². The van der Waals surface area contributed by atoms with Gasteiger partial charge in [-0.05, 0) is 24.6 Å². The van der Waals surface area contributed by atoms with E-state index in [4.69, 9.17) is 4.55 Å². The molecule has 1 N–H and O–H groups in total. The van der Waals surface area contributed by atoms with Crippen molar-refractivity contribution in [1.82, 2.24) is 0 Å². The molecule has 0 aromatic heterocycles. The van der Waals surface area contributed by atoms with Gasteiger partial charge in [0.15, 0.2) is 0 Å². The first-order valence-corrected chi connectivity index (χ1v) is 4.48. The van der Waals surface area contributed by atoms with E-state index in [0.717, 1.165) is 5.56 Å². The summed E-state index contributed by atoms with van der Waals surface area (Å²) < 4.78 is 29.7. The maximum atomic E-state index is 10.5. The Kier molecular flexibility index (Phi) is 4.05. The Morgan fingerprint density at radius 3 is 2.25 bits per heavy atom. The van der Waals surface area contributed by atoms with Crippen LogP contribution in [0.1, 0.15) is 5.56 Å². The van der Waals surface area contributed by atoms with E-state index in [9.17, 15) is 8.42 Å². The van der Waals surface area contributed by atoms with Gasteiger partial charge >= 0.3 is 19.8 Å². The van der Waals surface area contributed by atoms with Crippen LogP contribution in [0, 0.1) is 6.92 Å². The van der Waals surface area contributed by atoms with E-state index in [1.165, 1.54) is 12.1 Å². The fourth-order valence-electron chi connectivity index (χ4n) is 0.776. The molecule has 0 amide bonds. The monoisotopic (exact) mass is 244 g/mol. The molecule has 1 aromatic carbocycles. The summed E-state index contributed by atoms with van der Waals surface area (Å²) in [5, 5.41) is 0. The van der Waals surface area contributed by atoms with Crippen molar-refractivity contribution in [1.29, 1.82) is 0 Å². The number of benzene rings is 1. The van der Waals surface area contributed by atoms with Crippen molar-refractivity contribution in [2.24, 2.45) is 0 Å². The molecule has 66 valence electrons. The predicted octanol–water partition coefficient (Wildman–Crippen LogP) is 0.0578. The first-order chi connectivity index (χ1) is 5.00. The van der Waals surface area contributed by atoms with Crippen molar-refractivity contribution in [3.8, 4) is 0 Å². The van der Waals surface area contributed by atoms with Crippen molar-refractivity contribution in [3.05, 3.63) is 29.8 Å². The maximum absolute atomic E-state index is 10.5. The molecule has 0 aliphatic heterocycles. The van der Waals surface area contributed by atoms with Gasteiger partial charge in [0.2, 0.25) is 0 Å². The van der Waals surface area contributed by atoms with Gasteiger partial charge in [0.25, 0.3) is 10.1 Å². The third-order valence-electron chi connectivity index (χ3n) is 1.29. The minimum atomic E-state index is -4.03. The summed E-state index contributed by atoms with van der Waals surface area (Å²) >= 11 is 0. The van der Waals surface area contributed by atoms with E-state index in [2.05, 4.69) is 0 Å². The molecule has 12 heavy (non-hydrogen) atoms. The SMILES string of the molecule is Cc1cccc(S(=O)(=O)O)c1.[GaH3]. The van der Waals surface area contributed by atoms with Crippen molar-refractivity contribution < 1.29 is 13.0 Å². The predicted molar refractivity (Wildman–Crippen MR) is 50.9 cm³/mol. The fraction of sp³-hybridized carbons (Fsp3) is 0.143. The summed E-state index contributed by atoms with van der Waals surface area (Å²) in [6, 6.07) is 6.10. The third kappa shape index (κ3) is 3.02. The zero-order chi connectivity index (χ0) is 8.48. The molecule has 0 radical (unpaired) electrons. The van der Waals surface area contributed by atoms with Gasteiger partial charge in [-0.2, -0.15) is 8.42 Å². The van der Waals surface area contributed by atoms with Crippen molar-refractivity contribution in [3.63, 3.8) is 0 Å². The summed E-state index contributed by atoms with van der Waals surface area (Å²) in [7, 11) is -4.03. The molecule has 1 rings (SSSR count). The average Bonchev–Trinajstić information content (AvgIpc) is 1.86. The van der Waals surface area contributed by atoms with Gasteiger partial charge in [0.1, 0.15) is 0 Å². The van der Waals surface area contributed by atoms with Crippen LogP contribution in [0.2, 0.25) is 0 Å². The van der Waals surface area contributed by atoms with E-state index >= 15 is 0 Å². The van der Waals surface area contributed by atoms with Crippen LogP contribution in [-0.2, 0) is 10.1 Å². The van der Waals surface area contributed by atoms with Crippen LogP contribution in [0.3, 0.4) is 0 Å². The molecule has 0 bridgehead atoms.